The molecule has 0 unspecified atom stereocenters. The first-order chi connectivity index (χ1) is 25.0. The number of carbonyl (C=O) groups excluding carboxylic acids is 3. The van der Waals surface area contributed by atoms with Crippen molar-refractivity contribution in [2.24, 2.45) is 0 Å². The number of hydrogen-bond donors (Lipinski definition) is 6. The Morgan fingerprint density at radius 1 is 0.846 bits per heavy atom. The highest BCUT2D eigenvalue weighted by Crippen LogP contribution is 2.46. The summed E-state index contributed by atoms with van der Waals surface area (Å²) in [4.78, 5) is 38.1. The van der Waals surface area contributed by atoms with Crippen LogP contribution in [0.3, 0.4) is 0 Å². The zero-order valence-electron chi connectivity index (χ0n) is 32.2. The monoisotopic (exact) mass is 722 g/mol. The number of unbranched alkanes of at least 4 members (excludes halogenated alkanes) is 10. The van der Waals surface area contributed by atoms with Gasteiger partial charge < -0.3 is 40.4 Å². The number of aryl methyl sites for hydroxylation is 2. The minimum atomic E-state index is -0.742. The molecule has 0 aliphatic carbocycles. The number of benzene rings is 2. The van der Waals surface area contributed by atoms with Gasteiger partial charge in [-0.05, 0) is 62.3 Å². The number of ether oxygens (including phenoxy) is 2. The van der Waals surface area contributed by atoms with Crippen LogP contribution in [0.25, 0.3) is 0 Å². The number of rotatable bonds is 20. The molecule has 0 aromatic heterocycles. The van der Waals surface area contributed by atoms with Crippen molar-refractivity contribution < 1.29 is 34.1 Å². The molecule has 2 amide bonds. The summed E-state index contributed by atoms with van der Waals surface area (Å²) in [6, 6.07) is 1.34. The van der Waals surface area contributed by atoms with Crippen LogP contribution >= 0.6 is 0 Å². The quantitative estimate of drug-likeness (QED) is 0.0706. The molecule has 2 aromatic rings. The fourth-order valence-electron chi connectivity index (χ4n) is 8.03. The van der Waals surface area contributed by atoms with Gasteiger partial charge in [0.1, 0.15) is 12.3 Å². The maximum Gasteiger partial charge on any atom is 0.242 e. The molecule has 5 atom stereocenters. The van der Waals surface area contributed by atoms with Crippen molar-refractivity contribution >= 4 is 18.1 Å². The number of nitrogens with one attached hydrogen (secondary N) is 4. The molecular formula is C41H62N4O7. The summed E-state index contributed by atoms with van der Waals surface area (Å²) in [5.41, 5.74) is 4.54. The molecule has 2 aliphatic rings. The Bertz CT molecular complexity index is 1530. The molecule has 2 aliphatic heterocycles. The third-order valence-corrected chi connectivity index (χ3v) is 10.7. The number of aromatic hydroxyl groups is 2. The number of phenolic OH excluding ortho intramolecular Hbond substituents is 2. The molecule has 0 spiro atoms. The van der Waals surface area contributed by atoms with Crippen LogP contribution in [0.15, 0.2) is 12.1 Å². The molecule has 0 fully saturated rings. The van der Waals surface area contributed by atoms with Gasteiger partial charge in [-0.25, -0.2) is 0 Å². The van der Waals surface area contributed by atoms with Gasteiger partial charge >= 0.3 is 0 Å². The third kappa shape index (κ3) is 10.2. The van der Waals surface area contributed by atoms with Gasteiger partial charge in [-0.1, -0.05) is 83.3 Å². The lowest BCUT2D eigenvalue weighted by Crippen LogP contribution is -2.55. The van der Waals surface area contributed by atoms with Gasteiger partial charge in [-0.2, -0.15) is 0 Å². The van der Waals surface area contributed by atoms with Crippen molar-refractivity contribution in [1.82, 2.24) is 21.3 Å². The van der Waals surface area contributed by atoms with Gasteiger partial charge in [0, 0.05) is 30.1 Å². The van der Waals surface area contributed by atoms with E-state index in [0.29, 0.717) is 41.9 Å². The van der Waals surface area contributed by atoms with Crippen LogP contribution in [0.1, 0.15) is 136 Å². The number of methoxy groups -OCH3 is 2. The average Bonchev–Trinajstić information content (AvgIpc) is 3.12. The topological polar surface area (TPSA) is 158 Å². The lowest BCUT2D eigenvalue weighted by Gasteiger charge is -2.42. The standard InChI is InChI=1S/C41H62N4O7/c1-7-8-9-10-11-12-13-14-15-16-17-18-33(47)43-27(4)41(50)42-23-32-34-29(20-26(3)39(51-5)37(34)48)22-31(45-32)36-35-28(21-30(24-46)44-36)19-25(2)40(52-6)38(35)49/h19-20,24,27,30-32,36,44-45,48-49H,7-18,21-23H2,1-6H3,(H,42,50)(H,43,47)/t27-,30-,31-,32-,36-/m0/s1. The van der Waals surface area contributed by atoms with Crippen LogP contribution in [0.2, 0.25) is 0 Å². The summed E-state index contributed by atoms with van der Waals surface area (Å²) in [6.07, 6.45) is 15.4. The first kappa shape index (κ1) is 40.9. The van der Waals surface area contributed by atoms with Crippen molar-refractivity contribution in [2.45, 2.75) is 148 Å². The molecule has 288 valence electrons. The fraction of sp³-hybridized carbons (Fsp3) is 0.634. The zero-order chi connectivity index (χ0) is 37.8. The Balaban J connectivity index is 1.40. The van der Waals surface area contributed by atoms with Crippen molar-refractivity contribution in [1.29, 1.82) is 0 Å². The van der Waals surface area contributed by atoms with E-state index in [0.717, 1.165) is 47.8 Å². The summed E-state index contributed by atoms with van der Waals surface area (Å²) >= 11 is 0. The highest BCUT2D eigenvalue weighted by atomic mass is 16.5. The molecule has 2 heterocycles. The number of hydrogen-bond acceptors (Lipinski definition) is 9. The first-order valence-corrected chi connectivity index (χ1v) is 19.4. The minimum Gasteiger partial charge on any atom is -0.504 e. The van der Waals surface area contributed by atoms with Gasteiger partial charge in [0.05, 0.1) is 32.3 Å². The van der Waals surface area contributed by atoms with E-state index in [2.05, 4.69) is 28.2 Å². The van der Waals surface area contributed by atoms with Crippen LogP contribution < -0.4 is 30.7 Å². The highest BCUT2D eigenvalue weighted by Gasteiger charge is 2.40. The Hall–Kier alpha value is -3.83. The summed E-state index contributed by atoms with van der Waals surface area (Å²) in [6.45, 7) is 7.75. The van der Waals surface area contributed by atoms with Crippen molar-refractivity contribution in [2.75, 3.05) is 20.8 Å². The smallest absolute Gasteiger partial charge is 0.242 e. The van der Waals surface area contributed by atoms with Crippen LogP contribution in [0.4, 0.5) is 0 Å². The van der Waals surface area contributed by atoms with E-state index in [1.165, 1.54) is 65.6 Å². The van der Waals surface area contributed by atoms with Crippen LogP contribution in [-0.2, 0) is 27.2 Å². The molecule has 6 N–H and O–H groups in total. The molecule has 0 radical (unpaired) electrons. The molecule has 11 nitrogen and oxygen atoms in total. The van der Waals surface area contributed by atoms with Gasteiger partial charge in [0.25, 0.3) is 0 Å². The van der Waals surface area contributed by atoms with Gasteiger partial charge in [-0.3, -0.25) is 14.9 Å². The SMILES string of the molecule is CCCCCCCCCCCCCC(=O)N[C@@H](C)C(=O)NC[C@@H]1N[C@H]([C@@H]2N[C@H](C=O)Cc3cc(C)c(OC)c(O)c32)Cc2cc(C)c(OC)c(O)c21. The zero-order valence-corrected chi connectivity index (χ0v) is 32.2. The molecule has 4 rings (SSSR count). The summed E-state index contributed by atoms with van der Waals surface area (Å²) in [5.74, 6) is 0.291. The maximum absolute atomic E-state index is 13.3. The van der Waals surface area contributed by atoms with Crippen molar-refractivity contribution in [3.8, 4) is 23.0 Å². The lowest BCUT2D eigenvalue weighted by molar-refractivity contribution is -0.128. The van der Waals surface area contributed by atoms with Crippen LogP contribution in [0.5, 0.6) is 23.0 Å². The molecule has 2 aromatic carbocycles. The largest absolute Gasteiger partial charge is 0.504 e. The number of carbonyl (C=O) groups is 3. The van der Waals surface area contributed by atoms with E-state index in [4.69, 9.17) is 9.47 Å². The second-order valence-electron chi connectivity index (χ2n) is 14.7. The highest BCUT2D eigenvalue weighted by molar-refractivity contribution is 5.87. The van der Waals surface area contributed by atoms with Crippen LogP contribution in [-0.4, -0.2) is 67.2 Å². The summed E-state index contributed by atoms with van der Waals surface area (Å²) < 4.78 is 11.1. The van der Waals surface area contributed by atoms with E-state index >= 15 is 0 Å². The minimum absolute atomic E-state index is 0.000984. The number of amides is 2. The Morgan fingerprint density at radius 3 is 1.94 bits per heavy atom. The molecule has 11 heteroatoms. The summed E-state index contributed by atoms with van der Waals surface area (Å²) in [7, 11) is 3.02. The fourth-order valence-corrected chi connectivity index (χ4v) is 8.03. The van der Waals surface area contributed by atoms with Gasteiger partial charge in [0.2, 0.25) is 11.8 Å². The third-order valence-electron chi connectivity index (χ3n) is 10.7. The number of fused-ring (bicyclic) bond motifs is 2. The van der Waals surface area contributed by atoms with Crippen LogP contribution in [0, 0.1) is 13.8 Å². The molecule has 0 saturated heterocycles. The van der Waals surface area contributed by atoms with E-state index in [-0.39, 0.29) is 35.9 Å². The first-order valence-electron chi connectivity index (χ1n) is 19.4. The lowest BCUT2D eigenvalue weighted by atomic mass is 9.79. The van der Waals surface area contributed by atoms with Crippen molar-refractivity contribution in [3.63, 3.8) is 0 Å². The van der Waals surface area contributed by atoms with E-state index in [1.807, 2.05) is 26.0 Å². The van der Waals surface area contributed by atoms with E-state index in [9.17, 15) is 24.6 Å². The second-order valence-corrected chi connectivity index (χ2v) is 14.7. The number of phenols is 2. The van der Waals surface area contributed by atoms with Crippen molar-refractivity contribution in [3.05, 3.63) is 45.5 Å². The summed E-state index contributed by atoms with van der Waals surface area (Å²) in [5, 5.41) is 35.7. The Kier molecular flexibility index (Phi) is 15.6. The Labute approximate surface area is 310 Å². The van der Waals surface area contributed by atoms with E-state index in [1.54, 1.807) is 6.92 Å². The molecular weight excluding hydrogens is 660 g/mol. The maximum atomic E-state index is 13.3. The molecule has 0 saturated carbocycles. The molecule has 0 bridgehead atoms. The Morgan fingerprint density at radius 2 is 1.38 bits per heavy atom. The molecule has 52 heavy (non-hydrogen) atoms. The number of aldehydes is 1. The van der Waals surface area contributed by atoms with Gasteiger partial charge in [0.15, 0.2) is 23.0 Å². The van der Waals surface area contributed by atoms with Gasteiger partial charge in [-0.15, -0.1) is 0 Å². The average molecular weight is 723 g/mol. The predicted molar refractivity (Wildman–Crippen MR) is 203 cm³/mol. The predicted octanol–water partition coefficient (Wildman–Crippen LogP) is 6.06. The second kappa shape index (κ2) is 19.9. The van der Waals surface area contributed by atoms with E-state index < -0.39 is 24.2 Å². The normalized spacial score (nSPS) is 20.0.